The Morgan fingerprint density at radius 2 is 2.00 bits per heavy atom. The Labute approximate surface area is 139 Å². The largest absolute Gasteiger partial charge is 0.381 e. The molecule has 0 bridgehead atoms. The van der Waals surface area contributed by atoms with Crippen molar-refractivity contribution in [1.82, 2.24) is 10.2 Å². The SMILES string of the molecule is CC(CN(C)Cc1ccccc1)NC(=O)C1(CN)CCOCC1. The lowest BCUT2D eigenvalue weighted by Gasteiger charge is -2.36. The number of likely N-dealkylation sites (N-methyl/N-ethyl adjacent to an activating group) is 1. The summed E-state index contributed by atoms with van der Waals surface area (Å²) in [5.74, 6) is 0.0731. The monoisotopic (exact) mass is 319 g/mol. The highest BCUT2D eigenvalue weighted by atomic mass is 16.5. The molecule has 0 saturated carbocycles. The molecule has 0 radical (unpaired) electrons. The van der Waals surface area contributed by atoms with Crippen molar-refractivity contribution in [3.05, 3.63) is 35.9 Å². The van der Waals surface area contributed by atoms with Gasteiger partial charge in [0.15, 0.2) is 0 Å². The van der Waals surface area contributed by atoms with Crippen LogP contribution in [-0.2, 0) is 16.1 Å². The summed E-state index contributed by atoms with van der Waals surface area (Å²) in [7, 11) is 2.07. The summed E-state index contributed by atoms with van der Waals surface area (Å²) in [5.41, 5.74) is 6.71. The zero-order valence-corrected chi connectivity index (χ0v) is 14.3. The lowest BCUT2D eigenvalue weighted by Crippen LogP contribution is -2.52. The van der Waals surface area contributed by atoms with Crippen molar-refractivity contribution in [2.45, 2.75) is 32.4 Å². The highest BCUT2D eigenvalue weighted by molar-refractivity contribution is 5.83. The van der Waals surface area contributed by atoms with Gasteiger partial charge in [-0.3, -0.25) is 4.79 Å². The van der Waals surface area contributed by atoms with Crippen LogP contribution in [0.3, 0.4) is 0 Å². The van der Waals surface area contributed by atoms with Gasteiger partial charge in [-0.1, -0.05) is 30.3 Å². The van der Waals surface area contributed by atoms with Gasteiger partial charge in [-0.05, 0) is 32.4 Å². The van der Waals surface area contributed by atoms with Crippen LogP contribution in [0.4, 0.5) is 0 Å². The van der Waals surface area contributed by atoms with E-state index >= 15 is 0 Å². The Bertz CT molecular complexity index is 486. The average Bonchev–Trinajstić information content (AvgIpc) is 2.56. The number of benzene rings is 1. The molecule has 3 N–H and O–H groups in total. The number of amides is 1. The maximum absolute atomic E-state index is 12.6. The van der Waals surface area contributed by atoms with Crippen molar-refractivity contribution < 1.29 is 9.53 Å². The summed E-state index contributed by atoms with van der Waals surface area (Å²) in [6, 6.07) is 10.4. The van der Waals surface area contributed by atoms with Crippen molar-refractivity contribution in [1.29, 1.82) is 0 Å². The molecule has 1 unspecified atom stereocenters. The first-order valence-electron chi connectivity index (χ1n) is 8.37. The van der Waals surface area contributed by atoms with Gasteiger partial charge in [-0.25, -0.2) is 0 Å². The van der Waals surface area contributed by atoms with Crippen LogP contribution in [0.25, 0.3) is 0 Å². The molecule has 1 aliphatic rings. The van der Waals surface area contributed by atoms with E-state index in [-0.39, 0.29) is 11.9 Å². The van der Waals surface area contributed by atoms with E-state index in [1.165, 1.54) is 5.56 Å². The predicted molar refractivity (Wildman–Crippen MR) is 91.9 cm³/mol. The van der Waals surface area contributed by atoms with Crippen molar-refractivity contribution in [3.8, 4) is 0 Å². The van der Waals surface area contributed by atoms with Crippen LogP contribution in [-0.4, -0.2) is 50.2 Å². The molecule has 0 aromatic heterocycles. The molecular weight excluding hydrogens is 290 g/mol. The predicted octanol–water partition coefficient (Wildman–Crippen LogP) is 1.38. The number of hydrogen-bond donors (Lipinski definition) is 2. The first kappa shape index (κ1) is 17.9. The summed E-state index contributed by atoms with van der Waals surface area (Å²) < 4.78 is 5.37. The summed E-state index contributed by atoms with van der Waals surface area (Å²) in [6.45, 7) is 5.34. The summed E-state index contributed by atoms with van der Waals surface area (Å²) >= 11 is 0. The molecule has 1 heterocycles. The van der Waals surface area contributed by atoms with Crippen molar-refractivity contribution in [3.63, 3.8) is 0 Å². The van der Waals surface area contributed by atoms with E-state index < -0.39 is 5.41 Å². The molecule has 1 saturated heterocycles. The maximum Gasteiger partial charge on any atom is 0.227 e. The lowest BCUT2D eigenvalue weighted by molar-refractivity contribution is -0.136. The van der Waals surface area contributed by atoms with Crippen molar-refractivity contribution in [2.75, 3.05) is 33.4 Å². The molecule has 0 spiro atoms. The van der Waals surface area contributed by atoms with Gasteiger partial charge >= 0.3 is 0 Å². The molecule has 5 heteroatoms. The van der Waals surface area contributed by atoms with E-state index in [9.17, 15) is 4.79 Å². The van der Waals surface area contributed by atoms with E-state index in [1.54, 1.807) is 0 Å². The van der Waals surface area contributed by atoms with Crippen LogP contribution in [0.15, 0.2) is 30.3 Å². The van der Waals surface area contributed by atoms with E-state index in [2.05, 4.69) is 29.4 Å². The zero-order chi connectivity index (χ0) is 16.7. The number of nitrogens with one attached hydrogen (secondary N) is 1. The minimum atomic E-state index is -0.454. The van der Waals surface area contributed by atoms with Crippen LogP contribution in [0.5, 0.6) is 0 Å². The molecule has 1 aliphatic heterocycles. The molecule has 1 fully saturated rings. The minimum Gasteiger partial charge on any atom is -0.381 e. The first-order chi connectivity index (χ1) is 11.1. The molecule has 1 amide bonds. The lowest BCUT2D eigenvalue weighted by atomic mass is 9.79. The second kappa shape index (κ2) is 8.43. The third-order valence-corrected chi connectivity index (χ3v) is 4.58. The highest BCUT2D eigenvalue weighted by Gasteiger charge is 2.39. The normalized spacial score (nSPS) is 18.6. The first-order valence-corrected chi connectivity index (χ1v) is 8.37. The zero-order valence-electron chi connectivity index (χ0n) is 14.3. The number of carbonyl (C=O) groups is 1. The minimum absolute atomic E-state index is 0.0731. The van der Waals surface area contributed by atoms with E-state index in [4.69, 9.17) is 10.5 Å². The van der Waals surface area contributed by atoms with Crippen LogP contribution in [0, 0.1) is 5.41 Å². The Morgan fingerprint density at radius 1 is 1.35 bits per heavy atom. The summed E-state index contributed by atoms with van der Waals surface area (Å²) in [5, 5.41) is 3.14. The molecular formula is C18H29N3O2. The molecule has 1 aromatic rings. The summed E-state index contributed by atoms with van der Waals surface area (Å²) in [6.07, 6.45) is 1.42. The van der Waals surface area contributed by atoms with Crippen LogP contribution in [0.1, 0.15) is 25.3 Å². The number of hydrogen-bond acceptors (Lipinski definition) is 4. The Balaban J connectivity index is 1.83. The van der Waals surface area contributed by atoms with Crippen LogP contribution >= 0.6 is 0 Å². The van der Waals surface area contributed by atoms with Gasteiger partial charge in [0.2, 0.25) is 5.91 Å². The molecule has 128 valence electrons. The molecule has 0 aliphatic carbocycles. The number of nitrogens with zero attached hydrogens (tertiary/aromatic N) is 1. The number of ether oxygens (including phenoxy) is 1. The van der Waals surface area contributed by atoms with Gasteiger partial charge in [0, 0.05) is 38.9 Å². The summed E-state index contributed by atoms with van der Waals surface area (Å²) in [4.78, 5) is 14.9. The fraction of sp³-hybridized carbons (Fsp3) is 0.611. The molecule has 2 rings (SSSR count). The van der Waals surface area contributed by atoms with Gasteiger partial charge in [0.05, 0.1) is 5.41 Å². The molecule has 1 aromatic carbocycles. The molecule has 5 nitrogen and oxygen atoms in total. The molecule has 1 atom stereocenters. The highest BCUT2D eigenvalue weighted by Crippen LogP contribution is 2.29. The van der Waals surface area contributed by atoms with Gasteiger partial charge in [0.1, 0.15) is 0 Å². The number of rotatable bonds is 7. The van der Waals surface area contributed by atoms with E-state index in [0.717, 1.165) is 13.1 Å². The molecule has 23 heavy (non-hydrogen) atoms. The average molecular weight is 319 g/mol. The second-order valence-electron chi connectivity index (χ2n) is 6.65. The Morgan fingerprint density at radius 3 is 2.61 bits per heavy atom. The Kier molecular flexibility index (Phi) is 6.57. The number of carbonyl (C=O) groups excluding carboxylic acids is 1. The fourth-order valence-corrected chi connectivity index (χ4v) is 3.14. The van der Waals surface area contributed by atoms with Crippen molar-refractivity contribution in [2.24, 2.45) is 11.1 Å². The number of nitrogens with two attached hydrogens (primary N) is 1. The van der Waals surface area contributed by atoms with Gasteiger partial charge in [-0.2, -0.15) is 0 Å². The maximum atomic E-state index is 12.6. The van der Waals surface area contributed by atoms with E-state index in [1.807, 2.05) is 25.1 Å². The topological polar surface area (TPSA) is 67.6 Å². The second-order valence-corrected chi connectivity index (χ2v) is 6.65. The third kappa shape index (κ3) is 5.03. The van der Waals surface area contributed by atoms with Gasteiger partial charge in [-0.15, -0.1) is 0 Å². The smallest absolute Gasteiger partial charge is 0.227 e. The third-order valence-electron chi connectivity index (χ3n) is 4.58. The standard InChI is InChI=1S/C18H29N3O2/c1-15(12-21(2)13-16-6-4-3-5-7-16)20-17(22)18(14-19)8-10-23-11-9-18/h3-7,15H,8-14,19H2,1-2H3,(H,20,22). The van der Waals surface area contributed by atoms with Crippen molar-refractivity contribution >= 4 is 5.91 Å². The Hall–Kier alpha value is -1.43. The van der Waals surface area contributed by atoms with Gasteiger partial charge in [0.25, 0.3) is 0 Å². The van der Waals surface area contributed by atoms with Crippen LogP contribution in [0.2, 0.25) is 0 Å². The fourth-order valence-electron chi connectivity index (χ4n) is 3.14. The van der Waals surface area contributed by atoms with Crippen LogP contribution < -0.4 is 11.1 Å². The van der Waals surface area contributed by atoms with E-state index in [0.29, 0.717) is 32.6 Å². The quantitative estimate of drug-likeness (QED) is 0.797. The van der Waals surface area contributed by atoms with Gasteiger partial charge < -0.3 is 20.7 Å².